The van der Waals surface area contributed by atoms with E-state index in [1.165, 1.54) is 0 Å². The maximum atomic E-state index is 12.8. The Kier molecular flexibility index (Phi) is 5.51. The van der Waals surface area contributed by atoms with Crippen molar-refractivity contribution in [1.29, 1.82) is 0 Å². The Hall–Kier alpha value is -3.28. The van der Waals surface area contributed by atoms with Gasteiger partial charge >= 0.3 is 0 Å². The molecule has 0 aromatic heterocycles. The van der Waals surface area contributed by atoms with Crippen molar-refractivity contribution in [2.24, 2.45) is 0 Å². The molecule has 29 heavy (non-hydrogen) atoms. The second-order valence-electron chi connectivity index (χ2n) is 7.13. The minimum Gasteiger partial charge on any atom is -0.486 e. The van der Waals surface area contributed by atoms with E-state index in [1.807, 2.05) is 35.2 Å². The van der Waals surface area contributed by atoms with Crippen LogP contribution in [0.1, 0.15) is 40.4 Å². The van der Waals surface area contributed by atoms with E-state index in [0.29, 0.717) is 18.8 Å². The highest BCUT2D eigenvalue weighted by atomic mass is 16.6. The number of carbonyl (C=O) groups excluding carboxylic acids is 2. The predicted octanol–water partition coefficient (Wildman–Crippen LogP) is 3.19. The zero-order chi connectivity index (χ0) is 20.2. The number of ether oxygens (including phenoxy) is 2. The van der Waals surface area contributed by atoms with Crippen molar-refractivity contribution in [3.05, 3.63) is 65.2 Å². The van der Waals surface area contributed by atoms with Crippen LogP contribution in [0, 0.1) is 0 Å². The zero-order valence-electron chi connectivity index (χ0n) is 16.4. The highest BCUT2D eigenvalue weighted by Crippen LogP contribution is 2.38. The van der Waals surface area contributed by atoms with Crippen molar-refractivity contribution in [2.45, 2.75) is 18.9 Å². The van der Waals surface area contributed by atoms with Gasteiger partial charge in [0.1, 0.15) is 13.2 Å². The minimum atomic E-state index is -0.129. The Labute approximate surface area is 170 Å². The molecule has 2 amide bonds. The van der Waals surface area contributed by atoms with Gasteiger partial charge in [0.2, 0.25) is 5.91 Å². The minimum absolute atomic E-state index is 0.0160. The van der Waals surface area contributed by atoms with Gasteiger partial charge in [-0.2, -0.15) is 0 Å². The molecule has 0 radical (unpaired) electrons. The molecule has 0 bridgehead atoms. The van der Waals surface area contributed by atoms with Crippen LogP contribution in [0.5, 0.6) is 11.5 Å². The summed E-state index contributed by atoms with van der Waals surface area (Å²) in [6.07, 6.45) is 5.29. The van der Waals surface area contributed by atoms with E-state index < -0.39 is 0 Å². The first kappa shape index (κ1) is 19.1. The molecule has 4 rings (SSSR count). The lowest BCUT2D eigenvalue weighted by Gasteiger charge is -2.26. The second kappa shape index (κ2) is 8.39. The highest BCUT2D eigenvalue weighted by Gasteiger charge is 2.29. The molecule has 1 fully saturated rings. The molecular weight excluding hydrogens is 368 g/mol. The summed E-state index contributed by atoms with van der Waals surface area (Å²) < 4.78 is 11.3. The topological polar surface area (TPSA) is 67.9 Å². The van der Waals surface area contributed by atoms with Crippen LogP contribution in [0.3, 0.4) is 0 Å². The van der Waals surface area contributed by atoms with Gasteiger partial charge in [-0.05, 0) is 54.3 Å². The van der Waals surface area contributed by atoms with E-state index in [4.69, 9.17) is 9.47 Å². The van der Waals surface area contributed by atoms with Gasteiger partial charge in [0, 0.05) is 25.2 Å². The summed E-state index contributed by atoms with van der Waals surface area (Å²) in [5, 5.41) is 2.59. The molecule has 2 aliphatic heterocycles. The maximum Gasteiger partial charge on any atom is 0.251 e. The molecule has 1 N–H and O–H groups in total. The van der Waals surface area contributed by atoms with E-state index in [-0.39, 0.29) is 17.9 Å². The Morgan fingerprint density at radius 2 is 1.83 bits per heavy atom. The fourth-order valence-corrected chi connectivity index (χ4v) is 3.80. The number of hydrogen-bond donors (Lipinski definition) is 1. The average molecular weight is 392 g/mol. The van der Waals surface area contributed by atoms with Crippen molar-refractivity contribution in [2.75, 3.05) is 26.8 Å². The smallest absolute Gasteiger partial charge is 0.251 e. The molecule has 2 heterocycles. The summed E-state index contributed by atoms with van der Waals surface area (Å²) in [7, 11) is 1.60. The summed E-state index contributed by atoms with van der Waals surface area (Å²) >= 11 is 0. The molecule has 0 saturated carbocycles. The molecule has 2 aliphatic rings. The molecule has 0 spiro atoms. The highest BCUT2D eigenvalue weighted by molar-refractivity contribution is 5.95. The number of fused-ring (bicyclic) bond motifs is 1. The zero-order valence-corrected chi connectivity index (χ0v) is 16.4. The first-order valence-corrected chi connectivity index (χ1v) is 9.86. The summed E-state index contributed by atoms with van der Waals surface area (Å²) in [4.78, 5) is 26.4. The fourth-order valence-electron chi connectivity index (χ4n) is 3.80. The maximum absolute atomic E-state index is 12.8. The van der Waals surface area contributed by atoms with Gasteiger partial charge in [-0.1, -0.05) is 18.2 Å². The lowest BCUT2D eigenvalue weighted by molar-refractivity contribution is -0.126. The van der Waals surface area contributed by atoms with E-state index in [0.717, 1.165) is 42.0 Å². The molecule has 1 atom stereocenters. The number of nitrogens with one attached hydrogen (secondary N) is 1. The number of nitrogens with zero attached hydrogens (tertiary/aromatic N) is 1. The van der Waals surface area contributed by atoms with Crippen LogP contribution in [0.15, 0.2) is 48.5 Å². The SMILES string of the molecule is CNC(=O)c1ccc(/C=C/C(=O)N2CCCC2c2ccc3c(c2)OCCO3)cc1. The summed E-state index contributed by atoms with van der Waals surface area (Å²) in [5.74, 6) is 1.37. The first-order chi connectivity index (χ1) is 14.2. The van der Waals surface area contributed by atoms with Crippen molar-refractivity contribution in [3.8, 4) is 11.5 Å². The fraction of sp³-hybridized carbons (Fsp3) is 0.304. The van der Waals surface area contributed by atoms with Crippen LogP contribution < -0.4 is 14.8 Å². The van der Waals surface area contributed by atoms with Crippen LogP contribution >= 0.6 is 0 Å². The number of rotatable bonds is 4. The molecule has 2 aromatic carbocycles. The Morgan fingerprint density at radius 1 is 1.07 bits per heavy atom. The van der Waals surface area contributed by atoms with Crippen LogP contribution in [-0.4, -0.2) is 43.5 Å². The van der Waals surface area contributed by atoms with E-state index >= 15 is 0 Å². The Balaban J connectivity index is 1.46. The summed E-state index contributed by atoms with van der Waals surface area (Å²) in [5.41, 5.74) is 2.54. The number of likely N-dealkylation sites (tertiary alicyclic amines) is 1. The van der Waals surface area contributed by atoms with Gasteiger partial charge in [0.25, 0.3) is 5.91 Å². The molecule has 2 aromatic rings. The number of benzene rings is 2. The van der Waals surface area contributed by atoms with Crippen LogP contribution in [0.4, 0.5) is 0 Å². The van der Waals surface area contributed by atoms with Crippen LogP contribution in [-0.2, 0) is 4.79 Å². The third kappa shape index (κ3) is 4.11. The molecule has 0 aliphatic carbocycles. The average Bonchev–Trinajstić information content (AvgIpc) is 3.27. The van der Waals surface area contributed by atoms with Crippen molar-refractivity contribution in [3.63, 3.8) is 0 Å². The number of hydrogen-bond acceptors (Lipinski definition) is 4. The summed E-state index contributed by atoms with van der Waals surface area (Å²) in [6, 6.07) is 13.1. The quantitative estimate of drug-likeness (QED) is 0.812. The lowest BCUT2D eigenvalue weighted by Crippen LogP contribution is -2.29. The normalized spacial score (nSPS) is 18.1. The van der Waals surface area contributed by atoms with Crippen molar-refractivity contribution in [1.82, 2.24) is 10.2 Å². The van der Waals surface area contributed by atoms with Crippen LogP contribution in [0.2, 0.25) is 0 Å². The third-order valence-electron chi connectivity index (χ3n) is 5.31. The van der Waals surface area contributed by atoms with E-state index in [9.17, 15) is 9.59 Å². The van der Waals surface area contributed by atoms with Crippen LogP contribution in [0.25, 0.3) is 6.08 Å². The molecule has 1 unspecified atom stereocenters. The monoisotopic (exact) mass is 392 g/mol. The van der Waals surface area contributed by atoms with Gasteiger partial charge in [-0.25, -0.2) is 0 Å². The molecule has 6 heteroatoms. The first-order valence-electron chi connectivity index (χ1n) is 9.86. The third-order valence-corrected chi connectivity index (χ3v) is 5.31. The van der Waals surface area contributed by atoms with Gasteiger partial charge in [0.05, 0.1) is 6.04 Å². The second-order valence-corrected chi connectivity index (χ2v) is 7.13. The molecule has 150 valence electrons. The summed E-state index contributed by atoms with van der Waals surface area (Å²) in [6.45, 7) is 1.85. The van der Waals surface area contributed by atoms with Crippen molar-refractivity contribution >= 4 is 17.9 Å². The Morgan fingerprint density at radius 3 is 2.59 bits per heavy atom. The van der Waals surface area contributed by atoms with Crippen molar-refractivity contribution < 1.29 is 19.1 Å². The number of amides is 2. The van der Waals surface area contributed by atoms with Gasteiger partial charge in [-0.3, -0.25) is 9.59 Å². The van der Waals surface area contributed by atoms with Gasteiger partial charge in [-0.15, -0.1) is 0 Å². The molecule has 6 nitrogen and oxygen atoms in total. The number of carbonyl (C=O) groups is 2. The van der Waals surface area contributed by atoms with Gasteiger partial charge < -0.3 is 19.7 Å². The van der Waals surface area contributed by atoms with Gasteiger partial charge in [0.15, 0.2) is 11.5 Å². The van der Waals surface area contributed by atoms with E-state index in [1.54, 1.807) is 31.3 Å². The van der Waals surface area contributed by atoms with E-state index in [2.05, 4.69) is 5.32 Å². The molecular formula is C23H24N2O4. The standard InChI is InChI=1S/C23H24N2O4/c1-24-23(27)17-7-4-16(5-8-17)6-11-22(26)25-12-2-3-19(25)18-9-10-20-21(15-18)29-14-13-28-20/h4-11,15,19H,2-3,12-14H2,1H3,(H,24,27)/b11-6+. The largest absolute Gasteiger partial charge is 0.486 e. The molecule has 1 saturated heterocycles. The Bertz CT molecular complexity index is 936. The lowest BCUT2D eigenvalue weighted by atomic mass is 10.0. The predicted molar refractivity (Wildman–Crippen MR) is 110 cm³/mol.